The Morgan fingerprint density at radius 1 is 0.313 bits per heavy atom. The summed E-state index contributed by atoms with van der Waals surface area (Å²) in [6, 6.07) is 84.0. The van der Waals surface area contributed by atoms with Crippen molar-refractivity contribution >= 4 is 197 Å². The molecule has 7 heterocycles. The van der Waals surface area contributed by atoms with Gasteiger partial charge >= 0.3 is 0 Å². The van der Waals surface area contributed by atoms with E-state index >= 15 is 0 Å². The van der Waals surface area contributed by atoms with Gasteiger partial charge in [0.05, 0.1) is 62.3 Å². The third kappa shape index (κ3) is 5.91. The Hall–Kier alpha value is -10.1. The minimum atomic E-state index is 0.385. The molecule has 0 aliphatic heterocycles. The first kappa shape index (κ1) is 45.6. The molecule has 19 rings (SSSR count). The van der Waals surface area contributed by atoms with Crippen molar-refractivity contribution in [1.29, 1.82) is 5.26 Å². The van der Waals surface area contributed by atoms with E-state index in [0.717, 1.165) is 92.3 Å². The van der Waals surface area contributed by atoms with E-state index in [1.54, 1.807) is 22.7 Å². The zero-order valence-electron chi connectivity index (χ0n) is 43.7. The molecule has 0 spiro atoms. The molecular formula is C74H37N5S4. The van der Waals surface area contributed by atoms with E-state index in [1.807, 2.05) is 22.7 Å². The summed E-state index contributed by atoms with van der Waals surface area (Å²) in [6.45, 7) is 10.0. The predicted octanol–water partition coefficient (Wildman–Crippen LogP) is 22.5. The van der Waals surface area contributed by atoms with E-state index < -0.39 is 0 Å². The maximum absolute atomic E-state index is 12.8. The molecule has 83 heavy (non-hydrogen) atoms. The Labute approximate surface area is 488 Å². The second-order valence-corrected chi connectivity index (χ2v) is 25.7. The molecule has 0 radical (unpaired) electrons. The number of aromatic nitrogens is 3. The molecule has 382 valence electrons. The summed E-state index contributed by atoms with van der Waals surface area (Å²) >= 11 is 7.23. The number of nitriles is 1. The van der Waals surface area contributed by atoms with Crippen LogP contribution in [0.25, 0.3) is 179 Å². The highest BCUT2D eigenvalue weighted by molar-refractivity contribution is 7.28. The fourth-order valence-electron chi connectivity index (χ4n) is 14.2. The summed E-state index contributed by atoms with van der Waals surface area (Å²) in [5.74, 6) is 0. The van der Waals surface area contributed by atoms with Gasteiger partial charge in [-0.05, 0) is 60.7 Å². The number of thiophene rings is 4. The third-order valence-corrected chi connectivity index (χ3v) is 22.3. The molecule has 7 aromatic heterocycles. The molecule has 0 atom stereocenters. The van der Waals surface area contributed by atoms with Crippen LogP contribution in [0.2, 0.25) is 0 Å². The van der Waals surface area contributed by atoms with E-state index in [1.165, 1.54) is 70.6 Å². The Kier molecular flexibility index (Phi) is 9.20. The van der Waals surface area contributed by atoms with Crippen molar-refractivity contribution < 1.29 is 0 Å². The van der Waals surface area contributed by atoms with Crippen molar-refractivity contribution in [3.8, 4) is 34.3 Å². The molecule has 0 unspecified atom stereocenters. The second-order valence-electron chi connectivity index (χ2n) is 21.5. The number of rotatable bonds is 4. The lowest BCUT2D eigenvalue weighted by Gasteiger charge is -2.27. The van der Waals surface area contributed by atoms with Gasteiger partial charge in [-0.1, -0.05) is 164 Å². The average Bonchev–Trinajstić information content (AvgIpc) is 2.12. The Morgan fingerprint density at radius 2 is 0.651 bits per heavy atom. The summed E-state index contributed by atoms with van der Waals surface area (Å²) in [7, 11) is 0. The minimum Gasteiger partial charge on any atom is -0.318 e. The van der Waals surface area contributed by atoms with E-state index in [2.05, 4.69) is 244 Å². The van der Waals surface area contributed by atoms with Crippen LogP contribution in [-0.2, 0) is 0 Å². The highest BCUT2D eigenvalue weighted by atomic mass is 32.1. The van der Waals surface area contributed by atoms with Crippen LogP contribution in [0.4, 0.5) is 5.69 Å². The quantitative estimate of drug-likeness (QED) is 0.162. The predicted molar refractivity (Wildman–Crippen MR) is 357 cm³/mol. The molecule has 9 heteroatoms. The molecule has 5 nitrogen and oxygen atoms in total. The highest BCUT2D eigenvalue weighted by Gasteiger charge is 2.35. The molecule has 0 aliphatic carbocycles. The number of para-hydroxylation sites is 3. The zero-order valence-corrected chi connectivity index (χ0v) is 47.0. The van der Waals surface area contributed by atoms with E-state index in [9.17, 15) is 11.8 Å². The summed E-state index contributed by atoms with van der Waals surface area (Å²) in [6.07, 6.45) is 0. The van der Waals surface area contributed by atoms with Gasteiger partial charge in [0.1, 0.15) is 6.07 Å². The smallest absolute Gasteiger partial charge is 0.237 e. The molecule has 0 N–H and O–H groups in total. The third-order valence-electron chi connectivity index (χ3n) is 17.5. The van der Waals surface area contributed by atoms with E-state index in [-0.39, 0.29) is 0 Å². The molecule has 0 aliphatic rings. The van der Waals surface area contributed by atoms with Crippen molar-refractivity contribution in [2.45, 2.75) is 0 Å². The van der Waals surface area contributed by atoms with Crippen molar-refractivity contribution in [1.82, 2.24) is 13.7 Å². The van der Waals surface area contributed by atoms with Crippen molar-refractivity contribution in [3.05, 3.63) is 241 Å². The Morgan fingerprint density at radius 3 is 1.06 bits per heavy atom. The van der Waals surface area contributed by atoms with Gasteiger partial charge in [0.2, 0.25) is 5.69 Å². The fraction of sp³-hybridized carbons (Fsp3) is 0. The molecule has 0 amide bonds. The van der Waals surface area contributed by atoms with Gasteiger partial charge in [-0.15, -0.1) is 45.3 Å². The number of hydrogen-bond acceptors (Lipinski definition) is 5. The zero-order chi connectivity index (χ0) is 54.3. The number of benzene rings is 12. The SMILES string of the molecule is [C-]#[N+]c1c(-n2c3ccccc3c3c4sc5ccccc5c4ccc32)c(C#N)c(-c2cccc3c2sc2ccccc23)c(-n2c3ccccc3c3c4sc5ccccc5c4ccc32)c1-n1c2ccccc2c2c3sc4ccccc4c3ccc21. The number of fused-ring (bicyclic) bond motifs is 24. The lowest BCUT2D eigenvalue weighted by atomic mass is 9.92. The van der Waals surface area contributed by atoms with Crippen LogP contribution in [0.1, 0.15) is 5.56 Å². The van der Waals surface area contributed by atoms with E-state index in [4.69, 9.17) is 4.85 Å². The molecule has 0 fully saturated rings. The normalized spacial score (nSPS) is 12.3. The largest absolute Gasteiger partial charge is 0.318 e. The van der Waals surface area contributed by atoms with Crippen LogP contribution in [0, 0.1) is 17.9 Å². The van der Waals surface area contributed by atoms with Gasteiger partial charge in [-0.25, -0.2) is 4.85 Å². The molecule has 12 aromatic carbocycles. The standard InChI is InChI=1S/C74H37N5S4/c1-76-67-68(77-53-26-9-2-21-48(53)64-56(77)36-33-45-41-18-6-13-30-60(41)81-72(45)64)52(39-75)63(51-25-16-24-44-40-17-5-12-29-59(40)80-71(44)51)69(78-54-27-10-3-22-49(54)65-57(78)37-34-46-42-19-7-14-31-61(42)82-73(46)65)70(67)79-55-28-11-4-23-50(55)66-58(79)38-35-47-43-20-8-15-32-62(43)83-74(47)66/h2-38H. The molecule has 0 saturated carbocycles. The van der Waals surface area contributed by atoms with Gasteiger partial charge in [0.15, 0.2) is 0 Å². The van der Waals surface area contributed by atoms with Crippen LogP contribution < -0.4 is 0 Å². The van der Waals surface area contributed by atoms with Gasteiger partial charge in [0.25, 0.3) is 0 Å². The summed E-state index contributed by atoms with van der Waals surface area (Å²) in [5.41, 5.74) is 10.4. The molecular weight excluding hydrogens is 1090 g/mol. The maximum Gasteiger partial charge on any atom is 0.237 e. The molecule has 19 aromatic rings. The second kappa shape index (κ2) is 16.7. The van der Waals surface area contributed by atoms with Crippen molar-refractivity contribution in [3.63, 3.8) is 0 Å². The lowest BCUT2D eigenvalue weighted by Crippen LogP contribution is -2.11. The minimum absolute atomic E-state index is 0.385. The summed E-state index contributed by atoms with van der Waals surface area (Å²) in [4.78, 5) is 4.91. The van der Waals surface area contributed by atoms with E-state index in [0.29, 0.717) is 22.6 Å². The average molecular weight is 1120 g/mol. The van der Waals surface area contributed by atoms with Crippen molar-refractivity contribution in [2.75, 3.05) is 0 Å². The first-order valence-electron chi connectivity index (χ1n) is 27.6. The van der Waals surface area contributed by atoms with Crippen LogP contribution in [-0.4, -0.2) is 13.7 Å². The monoisotopic (exact) mass is 1120 g/mol. The summed E-state index contributed by atoms with van der Waals surface area (Å²) < 4.78 is 16.6. The summed E-state index contributed by atoms with van der Waals surface area (Å²) in [5, 5.41) is 29.0. The highest BCUT2D eigenvalue weighted by Crippen LogP contribution is 2.56. The maximum atomic E-state index is 12.8. The van der Waals surface area contributed by atoms with Gasteiger partial charge in [0, 0.05) is 124 Å². The topological polar surface area (TPSA) is 42.9 Å². The first-order valence-corrected chi connectivity index (χ1v) is 30.8. The van der Waals surface area contributed by atoms with Crippen molar-refractivity contribution in [2.24, 2.45) is 0 Å². The van der Waals surface area contributed by atoms with Gasteiger partial charge < -0.3 is 13.7 Å². The number of hydrogen-bond donors (Lipinski definition) is 0. The van der Waals surface area contributed by atoms with Crippen LogP contribution >= 0.6 is 45.3 Å². The number of nitrogens with zero attached hydrogens (tertiary/aromatic N) is 5. The van der Waals surface area contributed by atoms with Gasteiger partial charge in [-0.3, -0.25) is 0 Å². The first-order chi connectivity index (χ1) is 41.1. The Bertz CT molecular complexity index is 6230. The van der Waals surface area contributed by atoms with Gasteiger partial charge in [-0.2, -0.15) is 5.26 Å². The van der Waals surface area contributed by atoms with Crippen LogP contribution in [0.5, 0.6) is 0 Å². The molecule has 0 saturated heterocycles. The van der Waals surface area contributed by atoms with Crippen LogP contribution in [0.3, 0.4) is 0 Å². The fourth-order valence-corrected chi connectivity index (χ4v) is 19.2. The lowest BCUT2D eigenvalue weighted by molar-refractivity contribution is 1.08. The van der Waals surface area contributed by atoms with Crippen LogP contribution in [0.15, 0.2) is 224 Å². The Balaban J connectivity index is 1.10. The molecule has 0 bridgehead atoms.